The zero-order chi connectivity index (χ0) is 24.6. The lowest BCUT2D eigenvalue weighted by atomic mass is 9.90. The topological polar surface area (TPSA) is 99.6 Å². The van der Waals surface area contributed by atoms with Crippen LogP contribution in [0, 0.1) is 0 Å². The standard InChI is InChI=1S/C27H25N7O2/c1-32-26-22(15-29-32)27(36)33(17-28-26)16-25(35)30-24-14-23(31-34(24)21-9-3-2-4-10-21)20-12-11-18-7-5-6-8-19(18)13-20/h2-4,9-15,17H,5-8,16H2,1H3,(H,30,35). The molecule has 9 heteroatoms. The van der Waals surface area contributed by atoms with Crippen LogP contribution in [0.3, 0.4) is 0 Å². The summed E-state index contributed by atoms with van der Waals surface area (Å²) < 4.78 is 4.53. The lowest BCUT2D eigenvalue weighted by molar-refractivity contribution is -0.116. The fraction of sp³-hybridized carbons (Fsp3) is 0.222. The summed E-state index contributed by atoms with van der Waals surface area (Å²) in [6.07, 6.45) is 7.48. The van der Waals surface area contributed by atoms with E-state index in [1.165, 1.54) is 45.7 Å². The van der Waals surface area contributed by atoms with Crippen LogP contribution in [0.4, 0.5) is 5.82 Å². The molecule has 0 radical (unpaired) electrons. The number of benzene rings is 2. The number of hydrogen-bond donors (Lipinski definition) is 1. The number of amides is 1. The molecule has 36 heavy (non-hydrogen) atoms. The van der Waals surface area contributed by atoms with Gasteiger partial charge in [-0.2, -0.15) is 10.2 Å². The fourth-order valence-corrected chi connectivity index (χ4v) is 4.79. The highest BCUT2D eigenvalue weighted by molar-refractivity contribution is 5.91. The third kappa shape index (κ3) is 3.98. The molecule has 9 nitrogen and oxygen atoms in total. The van der Waals surface area contributed by atoms with Gasteiger partial charge in [-0.3, -0.25) is 18.8 Å². The monoisotopic (exact) mass is 479 g/mol. The molecule has 6 rings (SSSR count). The third-order valence-electron chi connectivity index (χ3n) is 6.65. The van der Waals surface area contributed by atoms with Crippen molar-refractivity contribution in [1.82, 2.24) is 29.1 Å². The van der Waals surface area contributed by atoms with E-state index in [1.54, 1.807) is 11.7 Å². The number of carbonyl (C=O) groups excluding carboxylic acids is 1. The summed E-state index contributed by atoms with van der Waals surface area (Å²) in [5.74, 6) is 0.179. The van der Waals surface area contributed by atoms with Crippen molar-refractivity contribution in [3.63, 3.8) is 0 Å². The van der Waals surface area contributed by atoms with Gasteiger partial charge in [-0.05, 0) is 55.0 Å². The van der Waals surface area contributed by atoms with Gasteiger partial charge < -0.3 is 5.32 Å². The Morgan fingerprint density at radius 3 is 2.67 bits per heavy atom. The number of fused-ring (bicyclic) bond motifs is 2. The lowest BCUT2D eigenvalue weighted by Gasteiger charge is -2.16. The highest BCUT2D eigenvalue weighted by Gasteiger charge is 2.17. The van der Waals surface area contributed by atoms with E-state index in [0.717, 1.165) is 29.8 Å². The number of nitrogens with one attached hydrogen (secondary N) is 1. The Labute approximate surface area is 207 Å². The first-order valence-corrected chi connectivity index (χ1v) is 12.0. The van der Waals surface area contributed by atoms with Crippen molar-refractivity contribution in [3.05, 3.63) is 88.6 Å². The quantitative estimate of drug-likeness (QED) is 0.416. The van der Waals surface area contributed by atoms with E-state index in [-0.39, 0.29) is 18.0 Å². The maximum absolute atomic E-state index is 13.0. The third-order valence-corrected chi connectivity index (χ3v) is 6.65. The van der Waals surface area contributed by atoms with Gasteiger partial charge in [-0.1, -0.05) is 30.3 Å². The summed E-state index contributed by atoms with van der Waals surface area (Å²) in [7, 11) is 1.72. The zero-order valence-corrected chi connectivity index (χ0v) is 19.9. The van der Waals surface area contributed by atoms with Crippen molar-refractivity contribution in [3.8, 4) is 16.9 Å². The van der Waals surface area contributed by atoms with Gasteiger partial charge >= 0.3 is 0 Å². The molecular formula is C27H25N7O2. The molecule has 3 heterocycles. The van der Waals surface area contributed by atoms with Gasteiger partial charge in [0.2, 0.25) is 5.91 Å². The second kappa shape index (κ2) is 8.92. The van der Waals surface area contributed by atoms with E-state index in [4.69, 9.17) is 5.10 Å². The van der Waals surface area contributed by atoms with Crippen molar-refractivity contribution >= 4 is 22.8 Å². The Morgan fingerprint density at radius 1 is 1.03 bits per heavy atom. The molecule has 180 valence electrons. The summed E-state index contributed by atoms with van der Waals surface area (Å²) in [5, 5.41) is 12.2. The molecule has 2 aromatic carbocycles. The van der Waals surface area contributed by atoms with E-state index in [0.29, 0.717) is 16.9 Å². The fourth-order valence-electron chi connectivity index (χ4n) is 4.79. The van der Waals surface area contributed by atoms with Crippen LogP contribution < -0.4 is 10.9 Å². The maximum Gasteiger partial charge on any atom is 0.264 e. The molecule has 0 saturated heterocycles. The van der Waals surface area contributed by atoms with Crippen LogP contribution >= 0.6 is 0 Å². The highest BCUT2D eigenvalue weighted by atomic mass is 16.2. The summed E-state index contributed by atoms with van der Waals surface area (Å²) in [5.41, 5.74) is 5.57. The zero-order valence-electron chi connectivity index (χ0n) is 19.9. The maximum atomic E-state index is 13.0. The normalized spacial score (nSPS) is 13.0. The second-order valence-corrected chi connectivity index (χ2v) is 9.08. The first kappa shape index (κ1) is 22.0. The molecule has 0 bridgehead atoms. The molecule has 5 aromatic rings. The Hall–Kier alpha value is -4.53. The Morgan fingerprint density at radius 2 is 1.83 bits per heavy atom. The number of nitrogens with zero attached hydrogens (tertiary/aromatic N) is 6. The molecule has 0 saturated carbocycles. The Balaban J connectivity index is 1.32. The van der Waals surface area contributed by atoms with E-state index >= 15 is 0 Å². The summed E-state index contributed by atoms with van der Waals surface area (Å²) in [6, 6.07) is 18.0. The van der Waals surface area contributed by atoms with Crippen molar-refractivity contribution in [2.24, 2.45) is 7.05 Å². The minimum absolute atomic E-state index is 0.176. The number of hydrogen-bond acceptors (Lipinski definition) is 5. The van der Waals surface area contributed by atoms with Gasteiger partial charge in [0.15, 0.2) is 5.65 Å². The lowest BCUT2D eigenvalue weighted by Crippen LogP contribution is -2.28. The minimum atomic E-state index is -0.351. The Bertz CT molecular complexity index is 1650. The van der Waals surface area contributed by atoms with Crippen molar-refractivity contribution in [1.29, 1.82) is 0 Å². The number of anilines is 1. The van der Waals surface area contributed by atoms with Gasteiger partial charge in [0.05, 0.1) is 17.6 Å². The van der Waals surface area contributed by atoms with Crippen molar-refractivity contribution < 1.29 is 4.79 Å². The number of rotatable bonds is 5. The van der Waals surface area contributed by atoms with E-state index in [1.807, 2.05) is 36.4 Å². The summed E-state index contributed by atoms with van der Waals surface area (Å²) in [6.45, 7) is -0.176. The smallest absolute Gasteiger partial charge is 0.264 e. The molecule has 1 amide bonds. The summed E-state index contributed by atoms with van der Waals surface area (Å²) in [4.78, 5) is 30.1. The van der Waals surface area contributed by atoms with Crippen LogP contribution in [-0.2, 0) is 31.2 Å². The molecule has 0 fully saturated rings. The molecule has 1 aliphatic carbocycles. The minimum Gasteiger partial charge on any atom is -0.309 e. The second-order valence-electron chi connectivity index (χ2n) is 9.08. The summed E-state index contributed by atoms with van der Waals surface area (Å²) >= 11 is 0. The van der Waals surface area contributed by atoms with Crippen LogP contribution in [-0.4, -0.2) is 35.0 Å². The number of carbonyl (C=O) groups is 1. The van der Waals surface area contributed by atoms with Crippen LogP contribution in [0.15, 0.2) is 71.9 Å². The molecule has 3 aromatic heterocycles. The number of para-hydroxylation sites is 1. The van der Waals surface area contributed by atoms with Crippen LogP contribution in [0.5, 0.6) is 0 Å². The molecule has 0 atom stereocenters. The van der Waals surface area contributed by atoms with Gasteiger partial charge in [0.25, 0.3) is 5.56 Å². The first-order valence-electron chi connectivity index (χ1n) is 12.0. The average Bonchev–Trinajstić information content (AvgIpc) is 3.50. The van der Waals surface area contributed by atoms with Crippen LogP contribution in [0.25, 0.3) is 28.0 Å². The van der Waals surface area contributed by atoms with Gasteiger partial charge in [-0.15, -0.1) is 0 Å². The van der Waals surface area contributed by atoms with Gasteiger partial charge in [0, 0.05) is 18.7 Å². The van der Waals surface area contributed by atoms with Gasteiger partial charge in [-0.25, -0.2) is 9.67 Å². The predicted molar refractivity (Wildman–Crippen MR) is 137 cm³/mol. The van der Waals surface area contributed by atoms with Crippen LogP contribution in [0.2, 0.25) is 0 Å². The Kier molecular flexibility index (Phi) is 5.44. The van der Waals surface area contributed by atoms with E-state index in [9.17, 15) is 9.59 Å². The SMILES string of the molecule is Cn1ncc2c(=O)n(CC(=O)Nc3cc(-c4ccc5c(c4)CCCC5)nn3-c3ccccc3)cnc21. The molecule has 0 spiro atoms. The molecular weight excluding hydrogens is 454 g/mol. The number of aryl methyl sites for hydroxylation is 3. The predicted octanol–water partition coefficient (Wildman–Crippen LogP) is 3.50. The van der Waals surface area contributed by atoms with E-state index in [2.05, 4.69) is 33.6 Å². The largest absolute Gasteiger partial charge is 0.309 e. The molecule has 1 N–H and O–H groups in total. The van der Waals surface area contributed by atoms with E-state index < -0.39 is 0 Å². The van der Waals surface area contributed by atoms with Crippen LogP contribution in [0.1, 0.15) is 24.0 Å². The molecule has 1 aliphatic rings. The highest BCUT2D eigenvalue weighted by Crippen LogP contribution is 2.29. The average molecular weight is 480 g/mol. The molecule has 0 aliphatic heterocycles. The number of aromatic nitrogens is 6. The first-order chi connectivity index (χ1) is 17.6. The van der Waals surface area contributed by atoms with Crippen molar-refractivity contribution in [2.45, 2.75) is 32.2 Å². The van der Waals surface area contributed by atoms with Gasteiger partial charge in [0.1, 0.15) is 24.1 Å². The molecule has 0 unspecified atom stereocenters. The van der Waals surface area contributed by atoms with Crippen molar-refractivity contribution in [2.75, 3.05) is 5.32 Å².